The first-order valence-corrected chi connectivity index (χ1v) is 9.43. The number of nitrogens with two attached hydrogens (primary N) is 1. The van der Waals surface area contributed by atoms with Crippen molar-refractivity contribution in [2.24, 2.45) is 5.73 Å². The average Bonchev–Trinajstić information content (AvgIpc) is 3.08. The molecule has 2 atom stereocenters. The molecule has 3 rings (SSSR count). The van der Waals surface area contributed by atoms with Gasteiger partial charge >= 0.3 is 0 Å². The molecule has 0 unspecified atom stereocenters. The number of likely N-dealkylation sites (tertiary alicyclic amines) is 1. The average molecular weight is 365 g/mol. The molecule has 1 saturated heterocycles. The van der Waals surface area contributed by atoms with Crippen LogP contribution in [0.1, 0.15) is 29.0 Å². The highest BCUT2D eigenvalue weighted by molar-refractivity contribution is 5.85. The molecule has 2 aromatic carbocycles. The second-order valence-corrected chi connectivity index (χ2v) is 7.24. The van der Waals surface area contributed by atoms with Gasteiger partial charge in [-0.1, -0.05) is 60.2 Å². The van der Waals surface area contributed by atoms with Gasteiger partial charge in [-0.05, 0) is 24.5 Å². The van der Waals surface area contributed by atoms with Crippen molar-refractivity contribution in [3.63, 3.8) is 0 Å². The number of aryl methyl sites for hydroxylation is 2. The summed E-state index contributed by atoms with van der Waals surface area (Å²) in [5, 5.41) is 2.74. The molecule has 0 bridgehead atoms. The van der Waals surface area contributed by atoms with Crippen molar-refractivity contribution in [2.75, 3.05) is 19.6 Å². The highest BCUT2D eigenvalue weighted by atomic mass is 16.2. The van der Waals surface area contributed by atoms with Gasteiger partial charge in [0, 0.05) is 31.5 Å². The van der Waals surface area contributed by atoms with E-state index in [1.807, 2.05) is 61.5 Å². The number of carbonyl (C=O) groups excluding carboxylic acids is 2. The Bertz CT molecular complexity index is 774. The Labute approximate surface area is 160 Å². The van der Waals surface area contributed by atoms with Crippen LogP contribution in [0.2, 0.25) is 0 Å². The monoisotopic (exact) mass is 365 g/mol. The lowest BCUT2D eigenvalue weighted by Crippen LogP contribution is -2.40. The number of carbonyl (C=O) groups is 2. The third kappa shape index (κ3) is 5.17. The normalized spacial score (nSPS) is 19.1. The molecule has 2 aromatic rings. The molecule has 2 amide bonds. The largest absolute Gasteiger partial charge is 0.347 e. The number of nitrogens with one attached hydrogen (secondary N) is 1. The molecule has 0 radical (unpaired) electrons. The number of rotatable bonds is 6. The molecule has 27 heavy (non-hydrogen) atoms. The van der Waals surface area contributed by atoms with Crippen LogP contribution in [-0.2, 0) is 16.0 Å². The molecule has 142 valence electrons. The predicted molar refractivity (Wildman–Crippen MR) is 106 cm³/mol. The minimum atomic E-state index is -0.105. The maximum atomic E-state index is 12.4. The highest BCUT2D eigenvalue weighted by Crippen LogP contribution is 2.26. The zero-order valence-corrected chi connectivity index (χ0v) is 15.7. The summed E-state index contributed by atoms with van der Waals surface area (Å²) >= 11 is 0. The van der Waals surface area contributed by atoms with Crippen molar-refractivity contribution >= 4 is 11.8 Å². The number of hydrogen-bond acceptors (Lipinski definition) is 3. The molecular weight excluding hydrogens is 338 g/mol. The fourth-order valence-electron chi connectivity index (χ4n) is 3.47. The van der Waals surface area contributed by atoms with Crippen LogP contribution in [0.15, 0.2) is 54.6 Å². The first-order chi connectivity index (χ1) is 13.0. The smallest absolute Gasteiger partial charge is 0.242 e. The summed E-state index contributed by atoms with van der Waals surface area (Å²) < 4.78 is 0. The zero-order valence-electron chi connectivity index (χ0n) is 15.7. The standard InChI is InChI=1S/C22H27N3O2/c1-16-7-9-17(10-8-16)11-12-21(26)24-13-22(27)25-14-19(20(23)15-25)18-5-3-2-4-6-18/h2-10,19-20H,11-15,23H2,1H3,(H,24,26)/t19-,20+/m0/s1. The van der Waals surface area contributed by atoms with E-state index in [0.29, 0.717) is 25.9 Å². The van der Waals surface area contributed by atoms with E-state index in [1.165, 1.54) is 5.56 Å². The summed E-state index contributed by atoms with van der Waals surface area (Å²) in [5.41, 5.74) is 9.72. The van der Waals surface area contributed by atoms with E-state index < -0.39 is 0 Å². The summed E-state index contributed by atoms with van der Waals surface area (Å²) in [6.45, 7) is 3.19. The first kappa shape index (κ1) is 19.1. The van der Waals surface area contributed by atoms with Gasteiger partial charge in [0.05, 0.1) is 6.54 Å². The second kappa shape index (κ2) is 8.82. The van der Waals surface area contributed by atoms with Crippen molar-refractivity contribution in [3.05, 3.63) is 71.3 Å². The van der Waals surface area contributed by atoms with Gasteiger partial charge in [-0.3, -0.25) is 9.59 Å². The van der Waals surface area contributed by atoms with Crippen LogP contribution in [0.5, 0.6) is 0 Å². The van der Waals surface area contributed by atoms with Crippen LogP contribution in [0.25, 0.3) is 0 Å². The van der Waals surface area contributed by atoms with Gasteiger partial charge in [-0.2, -0.15) is 0 Å². The molecular formula is C22H27N3O2. The van der Waals surface area contributed by atoms with Crippen LogP contribution >= 0.6 is 0 Å². The Morgan fingerprint density at radius 2 is 1.78 bits per heavy atom. The fraction of sp³-hybridized carbons (Fsp3) is 0.364. The van der Waals surface area contributed by atoms with Crippen molar-refractivity contribution in [1.29, 1.82) is 0 Å². The van der Waals surface area contributed by atoms with Gasteiger partial charge in [-0.15, -0.1) is 0 Å². The van der Waals surface area contributed by atoms with Gasteiger partial charge in [0.25, 0.3) is 0 Å². The fourth-order valence-corrected chi connectivity index (χ4v) is 3.47. The van der Waals surface area contributed by atoms with Crippen LogP contribution in [-0.4, -0.2) is 42.4 Å². The van der Waals surface area contributed by atoms with Crippen molar-refractivity contribution < 1.29 is 9.59 Å². The van der Waals surface area contributed by atoms with Gasteiger partial charge in [0.1, 0.15) is 0 Å². The lowest BCUT2D eigenvalue weighted by Gasteiger charge is -2.17. The first-order valence-electron chi connectivity index (χ1n) is 9.43. The quantitative estimate of drug-likeness (QED) is 0.822. The summed E-state index contributed by atoms with van der Waals surface area (Å²) in [4.78, 5) is 26.2. The Kier molecular flexibility index (Phi) is 6.24. The van der Waals surface area contributed by atoms with Crippen molar-refractivity contribution in [1.82, 2.24) is 10.2 Å². The molecule has 5 heteroatoms. The van der Waals surface area contributed by atoms with E-state index >= 15 is 0 Å². The number of hydrogen-bond donors (Lipinski definition) is 2. The number of amides is 2. The SMILES string of the molecule is Cc1ccc(CCC(=O)NCC(=O)N2C[C@@H](N)[C@H](c3ccccc3)C2)cc1. The molecule has 1 aliphatic heterocycles. The summed E-state index contributed by atoms with van der Waals surface area (Å²) in [5.74, 6) is -0.0352. The van der Waals surface area contributed by atoms with E-state index in [1.54, 1.807) is 4.90 Å². The van der Waals surface area contributed by atoms with Crippen LogP contribution in [0.3, 0.4) is 0 Å². The van der Waals surface area contributed by atoms with Gasteiger partial charge in [-0.25, -0.2) is 0 Å². The van der Waals surface area contributed by atoms with Crippen molar-refractivity contribution in [2.45, 2.75) is 31.7 Å². The summed E-state index contributed by atoms with van der Waals surface area (Å²) in [6.07, 6.45) is 1.05. The molecule has 1 heterocycles. The van der Waals surface area contributed by atoms with Gasteiger partial charge in [0.2, 0.25) is 11.8 Å². The topological polar surface area (TPSA) is 75.4 Å². The molecule has 1 fully saturated rings. The van der Waals surface area contributed by atoms with Crippen LogP contribution in [0.4, 0.5) is 0 Å². The highest BCUT2D eigenvalue weighted by Gasteiger charge is 2.33. The number of nitrogens with zero attached hydrogens (tertiary/aromatic N) is 1. The number of benzene rings is 2. The maximum Gasteiger partial charge on any atom is 0.242 e. The Balaban J connectivity index is 1.44. The van der Waals surface area contributed by atoms with E-state index in [-0.39, 0.29) is 30.3 Å². The van der Waals surface area contributed by atoms with E-state index in [9.17, 15) is 9.59 Å². The Hall–Kier alpha value is -2.66. The lowest BCUT2D eigenvalue weighted by molar-refractivity contribution is -0.132. The van der Waals surface area contributed by atoms with E-state index in [2.05, 4.69) is 5.32 Å². The van der Waals surface area contributed by atoms with Gasteiger partial charge in [0.15, 0.2) is 0 Å². The Morgan fingerprint density at radius 1 is 1.07 bits per heavy atom. The second-order valence-electron chi connectivity index (χ2n) is 7.24. The molecule has 3 N–H and O–H groups in total. The molecule has 0 saturated carbocycles. The van der Waals surface area contributed by atoms with Crippen molar-refractivity contribution in [3.8, 4) is 0 Å². The van der Waals surface area contributed by atoms with E-state index in [4.69, 9.17) is 5.73 Å². The molecule has 0 spiro atoms. The predicted octanol–water partition coefficient (Wildman–Crippen LogP) is 2.00. The third-order valence-electron chi connectivity index (χ3n) is 5.14. The lowest BCUT2D eigenvalue weighted by atomic mass is 9.95. The van der Waals surface area contributed by atoms with Crippen LogP contribution in [0, 0.1) is 6.92 Å². The summed E-state index contributed by atoms with van der Waals surface area (Å²) in [7, 11) is 0. The zero-order chi connectivity index (χ0) is 19.2. The third-order valence-corrected chi connectivity index (χ3v) is 5.14. The van der Waals surface area contributed by atoms with Crippen LogP contribution < -0.4 is 11.1 Å². The molecule has 0 aromatic heterocycles. The van der Waals surface area contributed by atoms with E-state index in [0.717, 1.165) is 11.1 Å². The maximum absolute atomic E-state index is 12.4. The minimum absolute atomic E-state index is 0.0287. The molecule has 5 nitrogen and oxygen atoms in total. The summed E-state index contributed by atoms with van der Waals surface area (Å²) in [6, 6.07) is 18.1. The minimum Gasteiger partial charge on any atom is -0.347 e. The molecule has 0 aliphatic carbocycles. The Morgan fingerprint density at radius 3 is 2.48 bits per heavy atom. The van der Waals surface area contributed by atoms with Gasteiger partial charge < -0.3 is 16.0 Å². The molecule has 1 aliphatic rings.